The monoisotopic (exact) mass is 402 g/mol. The van der Waals surface area contributed by atoms with Crippen LogP contribution in [0.15, 0.2) is 48.5 Å². The Morgan fingerprint density at radius 2 is 1.79 bits per heavy atom. The van der Waals surface area contributed by atoms with Gasteiger partial charge in [0.1, 0.15) is 0 Å². The van der Waals surface area contributed by atoms with Gasteiger partial charge in [0.2, 0.25) is 0 Å². The summed E-state index contributed by atoms with van der Waals surface area (Å²) in [4.78, 5) is 25.9. The summed E-state index contributed by atoms with van der Waals surface area (Å²) in [5.74, 6) is -0.173. The fourth-order valence-electron chi connectivity index (χ4n) is 3.11. The number of halogens is 1. The van der Waals surface area contributed by atoms with E-state index in [-0.39, 0.29) is 30.9 Å². The first-order valence-electron chi connectivity index (χ1n) is 9.63. The van der Waals surface area contributed by atoms with Crippen LogP contribution in [0.1, 0.15) is 37.4 Å². The van der Waals surface area contributed by atoms with Crippen molar-refractivity contribution in [2.45, 2.75) is 33.2 Å². The quantitative estimate of drug-likeness (QED) is 0.604. The van der Waals surface area contributed by atoms with Gasteiger partial charge in [-0.25, -0.2) is 0 Å². The number of quaternary nitrogens is 1. The van der Waals surface area contributed by atoms with Crippen LogP contribution in [-0.4, -0.2) is 31.4 Å². The average Bonchev–Trinajstić information content (AvgIpc) is 2.63. The fourth-order valence-corrected chi connectivity index (χ4v) is 3.31. The second-order valence-corrected chi connectivity index (χ2v) is 7.50. The van der Waals surface area contributed by atoms with E-state index in [0.29, 0.717) is 5.02 Å². The summed E-state index contributed by atoms with van der Waals surface area (Å²) < 4.78 is 0. The Bertz CT molecular complexity index is 810. The molecule has 6 heteroatoms. The highest BCUT2D eigenvalue weighted by Gasteiger charge is 2.19. The zero-order valence-electron chi connectivity index (χ0n) is 16.7. The molecule has 2 atom stereocenters. The molecule has 0 bridgehead atoms. The number of amides is 2. The van der Waals surface area contributed by atoms with Gasteiger partial charge in [0.05, 0.1) is 12.6 Å². The van der Waals surface area contributed by atoms with Crippen LogP contribution in [-0.2, 0) is 9.59 Å². The fraction of sp³-hybridized carbons (Fsp3) is 0.364. The lowest BCUT2D eigenvalue weighted by atomic mass is 10.1. The molecule has 0 saturated heterocycles. The second-order valence-electron chi connectivity index (χ2n) is 7.06. The lowest BCUT2D eigenvalue weighted by Gasteiger charge is -2.20. The van der Waals surface area contributed by atoms with E-state index < -0.39 is 0 Å². The van der Waals surface area contributed by atoms with E-state index in [4.69, 9.17) is 11.6 Å². The molecule has 5 nitrogen and oxygen atoms in total. The van der Waals surface area contributed by atoms with Crippen LogP contribution in [0.25, 0.3) is 0 Å². The van der Waals surface area contributed by atoms with Gasteiger partial charge in [0.15, 0.2) is 13.1 Å². The summed E-state index contributed by atoms with van der Waals surface area (Å²) in [7, 11) is 0. The van der Waals surface area contributed by atoms with E-state index in [2.05, 4.69) is 10.6 Å². The number of hydrogen-bond acceptors (Lipinski definition) is 2. The largest absolute Gasteiger partial charge is 0.345 e. The Morgan fingerprint density at radius 1 is 1.07 bits per heavy atom. The first-order chi connectivity index (χ1) is 13.4. The molecule has 0 saturated carbocycles. The number of nitrogens with one attached hydrogen (secondary N) is 3. The molecule has 3 N–H and O–H groups in total. The lowest BCUT2D eigenvalue weighted by molar-refractivity contribution is -0.883. The Hall–Kier alpha value is -2.37. The Morgan fingerprint density at radius 3 is 2.46 bits per heavy atom. The van der Waals surface area contributed by atoms with Gasteiger partial charge in [0.25, 0.3) is 11.8 Å². The number of carbonyl (C=O) groups is 2. The molecule has 0 aliphatic rings. The van der Waals surface area contributed by atoms with Gasteiger partial charge in [-0.1, -0.05) is 48.9 Å². The topological polar surface area (TPSA) is 62.6 Å². The second kappa shape index (κ2) is 10.8. The normalized spacial score (nSPS) is 12.9. The van der Waals surface area contributed by atoms with Crippen molar-refractivity contribution in [2.24, 2.45) is 0 Å². The van der Waals surface area contributed by atoms with Gasteiger partial charge in [0, 0.05) is 10.7 Å². The lowest BCUT2D eigenvalue weighted by Crippen LogP contribution is -3.14. The van der Waals surface area contributed by atoms with Crippen LogP contribution in [0.2, 0.25) is 5.02 Å². The van der Waals surface area contributed by atoms with Gasteiger partial charge >= 0.3 is 0 Å². The summed E-state index contributed by atoms with van der Waals surface area (Å²) >= 11 is 6.02. The molecule has 0 fully saturated rings. The predicted molar refractivity (Wildman–Crippen MR) is 114 cm³/mol. The average molecular weight is 403 g/mol. The molecule has 0 spiro atoms. The van der Waals surface area contributed by atoms with Crippen molar-refractivity contribution in [3.05, 3.63) is 64.7 Å². The molecule has 150 valence electrons. The van der Waals surface area contributed by atoms with Crippen molar-refractivity contribution >= 4 is 29.1 Å². The molecule has 2 rings (SSSR count). The van der Waals surface area contributed by atoms with Crippen molar-refractivity contribution < 1.29 is 14.5 Å². The molecule has 28 heavy (non-hydrogen) atoms. The first kappa shape index (κ1) is 21.9. The van der Waals surface area contributed by atoms with E-state index in [0.717, 1.165) is 34.7 Å². The minimum atomic E-state index is -0.144. The van der Waals surface area contributed by atoms with Gasteiger partial charge < -0.3 is 15.5 Å². The zero-order valence-corrected chi connectivity index (χ0v) is 17.5. The maximum Gasteiger partial charge on any atom is 0.279 e. The third kappa shape index (κ3) is 6.98. The molecular formula is C22H29ClN3O2+. The van der Waals surface area contributed by atoms with Crippen molar-refractivity contribution in [2.75, 3.05) is 25.0 Å². The Balaban J connectivity index is 1.91. The minimum absolute atomic E-state index is 0.0837. The van der Waals surface area contributed by atoms with Crippen LogP contribution < -0.4 is 15.5 Å². The van der Waals surface area contributed by atoms with E-state index in [1.807, 2.05) is 63.2 Å². The van der Waals surface area contributed by atoms with Crippen molar-refractivity contribution in [1.29, 1.82) is 0 Å². The third-order valence-electron chi connectivity index (χ3n) is 4.57. The summed E-state index contributed by atoms with van der Waals surface area (Å²) in [5, 5.41) is 6.58. The van der Waals surface area contributed by atoms with E-state index in [9.17, 15) is 9.59 Å². The van der Waals surface area contributed by atoms with Crippen LogP contribution in [0.5, 0.6) is 0 Å². The molecular weight excluding hydrogens is 374 g/mol. The molecule has 0 aliphatic heterocycles. The molecule has 2 amide bonds. The van der Waals surface area contributed by atoms with Crippen molar-refractivity contribution in [3.63, 3.8) is 0 Å². The smallest absolute Gasteiger partial charge is 0.279 e. The first-order valence-corrected chi connectivity index (χ1v) is 10.0. The number of anilines is 1. The Kier molecular flexibility index (Phi) is 8.48. The minimum Gasteiger partial charge on any atom is -0.345 e. The van der Waals surface area contributed by atoms with Crippen LogP contribution in [0.3, 0.4) is 0 Å². The summed E-state index contributed by atoms with van der Waals surface area (Å²) in [6.07, 6.45) is 0.893. The summed E-state index contributed by atoms with van der Waals surface area (Å²) in [5.41, 5.74) is 2.78. The van der Waals surface area contributed by atoms with Crippen LogP contribution in [0.4, 0.5) is 5.69 Å². The maximum atomic E-state index is 12.5. The molecule has 1 unspecified atom stereocenters. The third-order valence-corrected chi connectivity index (χ3v) is 4.81. The van der Waals surface area contributed by atoms with Crippen LogP contribution in [0, 0.1) is 6.92 Å². The van der Waals surface area contributed by atoms with E-state index >= 15 is 0 Å². The maximum absolute atomic E-state index is 12.5. The Labute approximate surface area is 172 Å². The SMILES string of the molecule is CCC[NH+](CC(=O)Nc1ccccc1C)CC(=O)N[C@@H](C)c1cccc(Cl)c1. The number of benzene rings is 2. The highest BCUT2D eigenvalue weighted by atomic mass is 35.5. The number of hydrogen-bond donors (Lipinski definition) is 3. The summed E-state index contributed by atoms with van der Waals surface area (Å²) in [6.45, 7) is 7.18. The number of carbonyl (C=O) groups excluding carboxylic acids is 2. The molecule has 0 aliphatic carbocycles. The van der Waals surface area contributed by atoms with Gasteiger partial charge in [-0.2, -0.15) is 0 Å². The van der Waals surface area contributed by atoms with E-state index in [1.165, 1.54) is 0 Å². The summed E-state index contributed by atoms with van der Waals surface area (Å²) in [6, 6.07) is 15.0. The molecule has 0 heterocycles. The van der Waals surface area contributed by atoms with E-state index in [1.54, 1.807) is 6.07 Å². The van der Waals surface area contributed by atoms with Crippen molar-refractivity contribution in [1.82, 2.24) is 5.32 Å². The highest BCUT2D eigenvalue weighted by molar-refractivity contribution is 6.30. The molecule has 0 radical (unpaired) electrons. The van der Waals surface area contributed by atoms with Gasteiger partial charge in [-0.3, -0.25) is 9.59 Å². The van der Waals surface area contributed by atoms with Crippen LogP contribution >= 0.6 is 11.6 Å². The zero-order chi connectivity index (χ0) is 20.5. The van der Waals surface area contributed by atoms with Gasteiger partial charge in [-0.15, -0.1) is 0 Å². The molecule has 0 aromatic heterocycles. The highest BCUT2D eigenvalue weighted by Crippen LogP contribution is 2.17. The van der Waals surface area contributed by atoms with Gasteiger partial charge in [-0.05, 0) is 49.6 Å². The number of rotatable bonds is 9. The predicted octanol–water partition coefficient (Wildman–Crippen LogP) is 2.76. The number of aryl methyl sites for hydroxylation is 1. The molecule has 2 aromatic rings. The molecule has 2 aromatic carbocycles. The van der Waals surface area contributed by atoms with Crippen molar-refractivity contribution in [3.8, 4) is 0 Å². The standard InChI is InChI=1S/C22H28ClN3O2/c1-4-12-26(15-22(28)25-20-11-6-5-8-16(20)2)14-21(27)24-17(3)18-9-7-10-19(23)13-18/h5-11,13,17H,4,12,14-15H2,1-3H3,(H,24,27)(H,25,28)/p+1/t17-/m0/s1. The number of para-hydroxylation sites is 1.